The molecule has 0 aliphatic carbocycles. The molecule has 5 N–H and O–H groups in total. The van der Waals surface area contributed by atoms with E-state index in [4.69, 9.17) is 5.73 Å². The molecule has 0 radical (unpaired) electrons. The summed E-state index contributed by atoms with van der Waals surface area (Å²) in [5, 5.41) is 20.7. The maximum absolute atomic E-state index is 9.40. The van der Waals surface area contributed by atoms with Crippen LogP contribution in [0.25, 0.3) is 22.0 Å². The van der Waals surface area contributed by atoms with E-state index in [0.717, 1.165) is 38.8 Å². The predicted molar refractivity (Wildman–Crippen MR) is 104 cm³/mol. The third-order valence-electron chi connectivity index (χ3n) is 4.44. The van der Waals surface area contributed by atoms with Crippen LogP contribution in [0.15, 0.2) is 54.7 Å². The average Bonchev–Trinajstić information content (AvgIpc) is 3.06. The number of anilines is 3. The number of aryl methyl sites for hydroxylation is 1. The predicted octanol–water partition coefficient (Wildman–Crippen LogP) is 3.75. The lowest BCUT2D eigenvalue weighted by atomic mass is 10.0. The van der Waals surface area contributed by atoms with Gasteiger partial charge in [0.1, 0.15) is 5.52 Å². The van der Waals surface area contributed by atoms with E-state index in [2.05, 4.69) is 20.5 Å². The number of fused-ring (bicyclic) bond motifs is 1. The molecule has 4 aromatic rings. The number of nitrogen functional groups attached to an aromatic ring is 1. The van der Waals surface area contributed by atoms with Crippen molar-refractivity contribution in [2.45, 2.75) is 13.5 Å². The lowest BCUT2D eigenvalue weighted by Gasteiger charge is -2.11. The minimum Gasteiger partial charge on any atom is -0.392 e. The molecular weight excluding hydrogens is 326 g/mol. The van der Waals surface area contributed by atoms with Gasteiger partial charge in [0.2, 0.25) is 0 Å². The fourth-order valence-electron chi connectivity index (χ4n) is 3.05. The number of aliphatic hydroxyl groups is 1. The normalized spacial score (nSPS) is 11.0. The summed E-state index contributed by atoms with van der Waals surface area (Å²) in [4.78, 5) is 4.59. The number of nitrogens with one attached hydrogen (secondary N) is 2. The molecule has 0 saturated heterocycles. The average molecular weight is 345 g/mol. The standard InChI is InChI=1S/C20H19N5O/c1-12-5-2-3-8-16(12)23-20-18-17(19(21)25-24-18)15(10-22-20)14-7-4-6-13(9-14)11-26/h2-10,26H,11H2,1H3,(H,22,23)(H3,21,24,25). The van der Waals surface area contributed by atoms with Gasteiger partial charge < -0.3 is 16.2 Å². The molecule has 2 aromatic carbocycles. The van der Waals surface area contributed by atoms with Crippen LogP contribution >= 0.6 is 0 Å². The number of hydrogen-bond donors (Lipinski definition) is 4. The number of H-pyrrole nitrogens is 1. The van der Waals surface area contributed by atoms with Crippen LogP contribution in [-0.4, -0.2) is 20.3 Å². The lowest BCUT2D eigenvalue weighted by Crippen LogP contribution is -1.98. The number of aromatic amines is 1. The van der Waals surface area contributed by atoms with Gasteiger partial charge in [0.15, 0.2) is 11.6 Å². The summed E-state index contributed by atoms with van der Waals surface area (Å²) in [6.45, 7) is 2.02. The highest BCUT2D eigenvalue weighted by molar-refractivity contribution is 6.06. The Morgan fingerprint density at radius 3 is 2.81 bits per heavy atom. The molecule has 2 aromatic heterocycles. The zero-order chi connectivity index (χ0) is 18.1. The van der Waals surface area contributed by atoms with Crippen molar-refractivity contribution in [1.82, 2.24) is 15.2 Å². The molecule has 6 nitrogen and oxygen atoms in total. The number of aliphatic hydroxyl groups excluding tert-OH is 1. The zero-order valence-electron chi connectivity index (χ0n) is 14.3. The van der Waals surface area contributed by atoms with Crippen LogP contribution in [0.2, 0.25) is 0 Å². The number of para-hydroxylation sites is 1. The highest BCUT2D eigenvalue weighted by atomic mass is 16.3. The maximum atomic E-state index is 9.40. The van der Waals surface area contributed by atoms with E-state index in [0.29, 0.717) is 11.6 Å². The summed E-state index contributed by atoms with van der Waals surface area (Å²) in [6.07, 6.45) is 1.78. The van der Waals surface area contributed by atoms with Gasteiger partial charge in [-0.25, -0.2) is 4.98 Å². The largest absolute Gasteiger partial charge is 0.392 e. The molecule has 4 rings (SSSR count). The summed E-state index contributed by atoms with van der Waals surface area (Å²) in [6, 6.07) is 15.7. The first-order chi connectivity index (χ1) is 12.7. The molecule has 0 aliphatic heterocycles. The number of nitrogens with two attached hydrogens (primary N) is 1. The number of rotatable bonds is 4. The Morgan fingerprint density at radius 1 is 1.15 bits per heavy atom. The Balaban J connectivity index is 1.85. The number of hydrogen-bond acceptors (Lipinski definition) is 5. The molecule has 0 saturated carbocycles. The molecule has 0 aliphatic rings. The summed E-state index contributed by atoms with van der Waals surface area (Å²) in [5.41, 5.74) is 11.6. The molecule has 0 bridgehead atoms. The Bertz CT molecular complexity index is 1090. The van der Waals surface area contributed by atoms with Crippen molar-refractivity contribution in [2.75, 3.05) is 11.1 Å². The Kier molecular flexibility index (Phi) is 4.02. The van der Waals surface area contributed by atoms with Crippen LogP contribution in [-0.2, 0) is 6.61 Å². The lowest BCUT2D eigenvalue weighted by molar-refractivity contribution is 0.282. The van der Waals surface area contributed by atoms with Gasteiger partial charge in [-0.15, -0.1) is 0 Å². The second kappa shape index (κ2) is 6.50. The third kappa shape index (κ3) is 2.76. The van der Waals surface area contributed by atoms with Crippen LogP contribution in [0.4, 0.5) is 17.3 Å². The molecule has 26 heavy (non-hydrogen) atoms. The second-order valence-electron chi connectivity index (χ2n) is 6.18. The van der Waals surface area contributed by atoms with Gasteiger partial charge in [-0.2, -0.15) is 5.10 Å². The van der Waals surface area contributed by atoms with Crippen molar-refractivity contribution in [3.8, 4) is 11.1 Å². The van der Waals surface area contributed by atoms with Gasteiger partial charge in [0, 0.05) is 17.4 Å². The van der Waals surface area contributed by atoms with Crippen LogP contribution in [0, 0.1) is 6.92 Å². The molecule has 130 valence electrons. The van der Waals surface area contributed by atoms with E-state index in [1.807, 2.05) is 55.5 Å². The first-order valence-electron chi connectivity index (χ1n) is 8.32. The SMILES string of the molecule is Cc1ccccc1Nc1ncc(-c2cccc(CO)c2)c2c(N)n[nH]c12. The van der Waals surface area contributed by atoms with Gasteiger partial charge in [-0.1, -0.05) is 36.4 Å². The van der Waals surface area contributed by atoms with E-state index in [1.165, 1.54) is 0 Å². The quantitative estimate of drug-likeness (QED) is 0.451. The molecule has 0 atom stereocenters. The fourth-order valence-corrected chi connectivity index (χ4v) is 3.05. The fraction of sp³-hybridized carbons (Fsp3) is 0.100. The van der Waals surface area contributed by atoms with Crippen LogP contribution in [0.5, 0.6) is 0 Å². The number of benzene rings is 2. The Morgan fingerprint density at radius 2 is 2.00 bits per heavy atom. The van der Waals surface area contributed by atoms with Gasteiger partial charge in [-0.3, -0.25) is 5.10 Å². The topological polar surface area (TPSA) is 99.8 Å². The van der Waals surface area contributed by atoms with Crippen molar-refractivity contribution in [3.05, 3.63) is 65.9 Å². The van der Waals surface area contributed by atoms with Crippen molar-refractivity contribution < 1.29 is 5.11 Å². The highest BCUT2D eigenvalue weighted by Crippen LogP contribution is 2.35. The maximum Gasteiger partial charge on any atom is 0.156 e. The molecule has 6 heteroatoms. The molecule has 0 amide bonds. The van der Waals surface area contributed by atoms with Crippen LogP contribution < -0.4 is 11.1 Å². The Labute approximate surface area is 150 Å². The van der Waals surface area contributed by atoms with Crippen molar-refractivity contribution in [2.24, 2.45) is 0 Å². The molecule has 2 heterocycles. The van der Waals surface area contributed by atoms with Gasteiger partial charge in [0.05, 0.1) is 12.0 Å². The van der Waals surface area contributed by atoms with Gasteiger partial charge in [-0.05, 0) is 35.7 Å². The zero-order valence-corrected chi connectivity index (χ0v) is 14.3. The van der Waals surface area contributed by atoms with E-state index < -0.39 is 0 Å². The molecule has 0 spiro atoms. The van der Waals surface area contributed by atoms with E-state index in [-0.39, 0.29) is 6.61 Å². The second-order valence-corrected chi connectivity index (χ2v) is 6.18. The monoisotopic (exact) mass is 345 g/mol. The smallest absolute Gasteiger partial charge is 0.156 e. The summed E-state index contributed by atoms with van der Waals surface area (Å²) in [7, 11) is 0. The van der Waals surface area contributed by atoms with Crippen molar-refractivity contribution in [3.63, 3.8) is 0 Å². The molecule has 0 unspecified atom stereocenters. The third-order valence-corrected chi connectivity index (χ3v) is 4.44. The number of pyridine rings is 1. The van der Waals surface area contributed by atoms with Crippen LogP contribution in [0.3, 0.4) is 0 Å². The first-order valence-corrected chi connectivity index (χ1v) is 8.32. The minimum absolute atomic E-state index is 0.0157. The first kappa shape index (κ1) is 16.1. The molecular formula is C20H19N5O. The van der Waals surface area contributed by atoms with E-state index in [1.54, 1.807) is 6.20 Å². The van der Waals surface area contributed by atoms with E-state index >= 15 is 0 Å². The Hall–Kier alpha value is -3.38. The van der Waals surface area contributed by atoms with Crippen molar-refractivity contribution >= 4 is 28.2 Å². The van der Waals surface area contributed by atoms with Crippen molar-refractivity contribution in [1.29, 1.82) is 0 Å². The number of nitrogens with zero attached hydrogens (tertiary/aromatic N) is 2. The minimum atomic E-state index is -0.0157. The van der Waals surface area contributed by atoms with Crippen LogP contribution in [0.1, 0.15) is 11.1 Å². The highest BCUT2D eigenvalue weighted by Gasteiger charge is 2.15. The summed E-state index contributed by atoms with van der Waals surface area (Å²) < 4.78 is 0. The molecule has 0 fully saturated rings. The number of aromatic nitrogens is 3. The summed E-state index contributed by atoms with van der Waals surface area (Å²) >= 11 is 0. The summed E-state index contributed by atoms with van der Waals surface area (Å²) in [5.74, 6) is 1.08. The van der Waals surface area contributed by atoms with Gasteiger partial charge >= 0.3 is 0 Å². The van der Waals surface area contributed by atoms with Gasteiger partial charge in [0.25, 0.3) is 0 Å². The van der Waals surface area contributed by atoms with E-state index in [9.17, 15) is 5.11 Å².